The van der Waals surface area contributed by atoms with Gasteiger partial charge in [-0.1, -0.05) is 0 Å². The van der Waals surface area contributed by atoms with Crippen LogP contribution in [-0.2, 0) is 0 Å². The van der Waals surface area contributed by atoms with Crippen LogP contribution < -0.4 is 4.74 Å². The third-order valence-electron chi connectivity index (χ3n) is 4.57. The van der Waals surface area contributed by atoms with Crippen molar-refractivity contribution < 1.29 is 9.84 Å². The van der Waals surface area contributed by atoms with E-state index in [1.165, 1.54) is 0 Å². The molecule has 1 fully saturated rings. The highest BCUT2D eigenvalue weighted by Crippen LogP contribution is 2.44. The fourth-order valence-corrected chi connectivity index (χ4v) is 3.39. The zero-order chi connectivity index (χ0) is 15.9. The second kappa shape index (κ2) is 5.29. The molecule has 3 rings (SSSR count). The number of rotatable bonds is 1. The zero-order valence-electron chi connectivity index (χ0n) is 13.2. The summed E-state index contributed by atoms with van der Waals surface area (Å²) in [6.07, 6.45) is 1.27. The van der Waals surface area contributed by atoms with Gasteiger partial charge in [0, 0.05) is 25.6 Å². The Kier molecular flexibility index (Phi) is 3.57. The molecule has 0 aromatic heterocycles. The standard InChI is InChI=1S/C17H21N3O2/c1-17(2)16(21)15(20-8-4-5-14(20)19-3)12-9-11(10-18)6-7-13(12)22-17/h6-7,9,15-16,21H,4-5,8H2,1-3H3/t15-,16+/m1/s1. The molecule has 116 valence electrons. The molecule has 1 N–H and O–H groups in total. The van der Waals surface area contributed by atoms with Crippen LogP contribution in [0.5, 0.6) is 5.75 Å². The Morgan fingerprint density at radius 2 is 2.23 bits per heavy atom. The summed E-state index contributed by atoms with van der Waals surface area (Å²) in [5, 5.41) is 20.0. The maximum absolute atomic E-state index is 10.9. The highest BCUT2D eigenvalue weighted by molar-refractivity contribution is 5.84. The van der Waals surface area contributed by atoms with E-state index < -0.39 is 11.7 Å². The maximum atomic E-state index is 10.9. The van der Waals surface area contributed by atoms with Crippen molar-refractivity contribution in [3.8, 4) is 11.8 Å². The molecule has 2 aliphatic heterocycles. The van der Waals surface area contributed by atoms with E-state index in [0.717, 1.165) is 36.5 Å². The first kappa shape index (κ1) is 14.9. The lowest BCUT2D eigenvalue weighted by atomic mass is 9.85. The van der Waals surface area contributed by atoms with Crippen LogP contribution in [0.3, 0.4) is 0 Å². The Morgan fingerprint density at radius 1 is 1.45 bits per heavy atom. The van der Waals surface area contributed by atoms with Gasteiger partial charge in [0.1, 0.15) is 17.5 Å². The summed E-state index contributed by atoms with van der Waals surface area (Å²) >= 11 is 0. The number of ether oxygens (including phenoxy) is 1. The Morgan fingerprint density at radius 3 is 2.91 bits per heavy atom. The number of nitrogens with zero attached hydrogens (tertiary/aromatic N) is 3. The average Bonchev–Trinajstić information content (AvgIpc) is 2.96. The molecule has 0 saturated carbocycles. The number of aliphatic hydroxyl groups is 1. The van der Waals surface area contributed by atoms with Gasteiger partial charge in [0.15, 0.2) is 0 Å². The number of fused-ring (bicyclic) bond motifs is 1. The number of amidine groups is 1. The van der Waals surface area contributed by atoms with E-state index in [1.807, 2.05) is 26.0 Å². The fourth-order valence-electron chi connectivity index (χ4n) is 3.39. The molecule has 0 bridgehead atoms. The summed E-state index contributed by atoms with van der Waals surface area (Å²) in [7, 11) is 1.79. The van der Waals surface area contributed by atoms with Crippen LogP contribution in [0.1, 0.15) is 43.9 Å². The molecule has 2 heterocycles. The molecule has 0 amide bonds. The van der Waals surface area contributed by atoms with Crippen LogP contribution in [-0.4, -0.2) is 41.1 Å². The molecule has 22 heavy (non-hydrogen) atoms. The molecule has 2 aliphatic rings. The minimum atomic E-state index is -0.691. The van der Waals surface area contributed by atoms with Crippen molar-refractivity contribution in [1.29, 1.82) is 5.26 Å². The SMILES string of the molecule is CN=C1CCCN1[C@@H]1c2cc(C#N)ccc2OC(C)(C)[C@H]1O. The van der Waals surface area contributed by atoms with Crippen LogP contribution >= 0.6 is 0 Å². The van der Waals surface area contributed by atoms with E-state index in [4.69, 9.17) is 10.00 Å². The molecule has 1 aromatic carbocycles. The molecule has 0 aliphatic carbocycles. The summed E-state index contributed by atoms with van der Waals surface area (Å²) in [5.74, 6) is 1.75. The summed E-state index contributed by atoms with van der Waals surface area (Å²) in [6.45, 7) is 4.65. The molecular weight excluding hydrogens is 278 g/mol. The molecule has 5 heteroatoms. The van der Waals surface area contributed by atoms with Crippen LogP contribution in [0.15, 0.2) is 23.2 Å². The number of hydrogen-bond acceptors (Lipinski definition) is 4. The van der Waals surface area contributed by atoms with Gasteiger partial charge in [0.05, 0.1) is 23.5 Å². The minimum Gasteiger partial charge on any atom is -0.485 e. The van der Waals surface area contributed by atoms with Gasteiger partial charge >= 0.3 is 0 Å². The van der Waals surface area contributed by atoms with E-state index >= 15 is 0 Å². The molecule has 0 spiro atoms. The molecular formula is C17H21N3O2. The van der Waals surface area contributed by atoms with Gasteiger partial charge in [-0.3, -0.25) is 4.99 Å². The summed E-state index contributed by atoms with van der Waals surface area (Å²) in [4.78, 5) is 6.53. The van der Waals surface area contributed by atoms with Gasteiger partial charge in [0.25, 0.3) is 0 Å². The van der Waals surface area contributed by atoms with Crippen molar-refractivity contribution in [3.05, 3.63) is 29.3 Å². The lowest BCUT2D eigenvalue weighted by molar-refractivity contribution is -0.0803. The van der Waals surface area contributed by atoms with Crippen molar-refractivity contribution in [2.75, 3.05) is 13.6 Å². The van der Waals surface area contributed by atoms with Crippen LogP contribution in [0, 0.1) is 11.3 Å². The van der Waals surface area contributed by atoms with Crippen LogP contribution in [0.25, 0.3) is 0 Å². The van der Waals surface area contributed by atoms with Gasteiger partial charge in [-0.2, -0.15) is 5.26 Å². The number of aliphatic imine (C=N–C) groups is 1. The minimum absolute atomic E-state index is 0.228. The Balaban J connectivity index is 2.13. The van der Waals surface area contributed by atoms with E-state index in [9.17, 15) is 5.11 Å². The van der Waals surface area contributed by atoms with Crippen molar-refractivity contribution in [3.63, 3.8) is 0 Å². The first-order chi connectivity index (χ1) is 10.5. The van der Waals surface area contributed by atoms with Gasteiger partial charge < -0.3 is 14.7 Å². The Labute approximate surface area is 130 Å². The second-order valence-corrected chi connectivity index (χ2v) is 6.40. The lowest BCUT2D eigenvalue weighted by Gasteiger charge is -2.46. The van der Waals surface area contributed by atoms with Gasteiger partial charge in [-0.05, 0) is 38.5 Å². The number of benzene rings is 1. The smallest absolute Gasteiger partial charge is 0.132 e. The van der Waals surface area contributed by atoms with Crippen molar-refractivity contribution >= 4 is 5.84 Å². The quantitative estimate of drug-likeness (QED) is 0.863. The third-order valence-corrected chi connectivity index (χ3v) is 4.57. The van der Waals surface area contributed by atoms with E-state index in [0.29, 0.717) is 5.56 Å². The highest BCUT2D eigenvalue weighted by Gasteiger charge is 2.46. The summed E-state index contributed by atoms with van der Waals surface area (Å²) in [6, 6.07) is 7.34. The van der Waals surface area contributed by atoms with Crippen molar-refractivity contribution in [1.82, 2.24) is 4.90 Å². The monoisotopic (exact) mass is 299 g/mol. The zero-order valence-corrected chi connectivity index (χ0v) is 13.2. The predicted molar refractivity (Wildman–Crippen MR) is 83.9 cm³/mol. The number of likely N-dealkylation sites (tertiary alicyclic amines) is 1. The highest BCUT2D eigenvalue weighted by atomic mass is 16.5. The van der Waals surface area contributed by atoms with Crippen LogP contribution in [0.4, 0.5) is 0 Å². The van der Waals surface area contributed by atoms with Crippen molar-refractivity contribution in [2.24, 2.45) is 4.99 Å². The molecule has 5 nitrogen and oxygen atoms in total. The number of hydrogen-bond donors (Lipinski definition) is 1. The van der Waals surface area contributed by atoms with Crippen LogP contribution in [0.2, 0.25) is 0 Å². The van der Waals surface area contributed by atoms with E-state index in [1.54, 1.807) is 13.1 Å². The fraction of sp³-hybridized carbons (Fsp3) is 0.529. The number of aliphatic hydroxyl groups excluding tert-OH is 1. The molecule has 1 aromatic rings. The second-order valence-electron chi connectivity index (χ2n) is 6.40. The van der Waals surface area contributed by atoms with E-state index in [2.05, 4.69) is 16.0 Å². The number of nitriles is 1. The topological polar surface area (TPSA) is 68.9 Å². The predicted octanol–water partition coefficient (Wildman–Crippen LogP) is 2.26. The molecule has 2 atom stereocenters. The largest absolute Gasteiger partial charge is 0.485 e. The normalized spacial score (nSPS) is 28.1. The first-order valence-electron chi connectivity index (χ1n) is 7.61. The van der Waals surface area contributed by atoms with Gasteiger partial charge in [-0.25, -0.2) is 0 Å². The Hall–Kier alpha value is -2.06. The molecule has 1 saturated heterocycles. The first-order valence-corrected chi connectivity index (χ1v) is 7.61. The van der Waals surface area contributed by atoms with E-state index in [-0.39, 0.29) is 6.04 Å². The molecule has 0 radical (unpaired) electrons. The van der Waals surface area contributed by atoms with Gasteiger partial charge in [0.2, 0.25) is 0 Å². The maximum Gasteiger partial charge on any atom is 0.132 e. The summed E-state index contributed by atoms with van der Waals surface area (Å²) < 4.78 is 5.96. The third kappa shape index (κ3) is 2.24. The lowest BCUT2D eigenvalue weighted by Crippen LogP contribution is -2.53. The molecule has 0 unspecified atom stereocenters. The Bertz CT molecular complexity index is 660. The summed E-state index contributed by atoms with van der Waals surface area (Å²) in [5.41, 5.74) is 0.759. The average molecular weight is 299 g/mol. The van der Waals surface area contributed by atoms with Gasteiger partial charge in [-0.15, -0.1) is 0 Å². The van der Waals surface area contributed by atoms with Crippen molar-refractivity contribution in [2.45, 2.75) is 44.4 Å².